The predicted octanol–water partition coefficient (Wildman–Crippen LogP) is 2.31. The van der Waals surface area contributed by atoms with Gasteiger partial charge in [0.2, 0.25) is 0 Å². The summed E-state index contributed by atoms with van der Waals surface area (Å²) >= 11 is 0.897. The molecule has 1 aliphatic rings. The van der Waals surface area contributed by atoms with Gasteiger partial charge in [0.05, 0.1) is 6.54 Å². The first kappa shape index (κ1) is 20.1. The van der Waals surface area contributed by atoms with Crippen LogP contribution in [0.2, 0.25) is 0 Å². The van der Waals surface area contributed by atoms with Crippen molar-refractivity contribution >= 4 is 29.7 Å². The van der Waals surface area contributed by atoms with Crippen LogP contribution in [-0.2, 0) is 22.3 Å². The molecular weight excluding hydrogens is 355 g/mol. The van der Waals surface area contributed by atoms with E-state index in [-0.39, 0.29) is 29.9 Å². The number of likely N-dealkylation sites (N-methyl/N-ethyl adjacent to an activating group) is 1. The van der Waals surface area contributed by atoms with E-state index >= 15 is 0 Å². The molecule has 0 atom stereocenters. The van der Waals surface area contributed by atoms with Gasteiger partial charge in [0.1, 0.15) is 10.6 Å². The molecule has 0 saturated carbocycles. The van der Waals surface area contributed by atoms with Crippen LogP contribution in [0.3, 0.4) is 0 Å². The molecule has 0 aliphatic carbocycles. The molecule has 5 nitrogen and oxygen atoms in total. The van der Waals surface area contributed by atoms with Gasteiger partial charge in [0, 0.05) is 19.5 Å². The monoisotopic (exact) mass is 373 g/mol. The third-order valence-electron chi connectivity index (χ3n) is 3.75. The average Bonchev–Trinajstić information content (AvgIpc) is 2.95. The number of methoxy groups -OCH3 is 1. The van der Waals surface area contributed by atoms with Gasteiger partial charge in [-0.25, -0.2) is 4.98 Å². The van der Waals surface area contributed by atoms with Crippen LogP contribution in [0.25, 0.3) is 0 Å². The van der Waals surface area contributed by atoms with Crippen molar-refractivity contribution in [2.45, 2.75) is 31.2 Å². The number of carbonyl (C=O) groups is 1. The van der Waals surface area contributed by atoms with E-state index in [1.807, 2.05) is 0 Å². The number of thiazole rings is 1. The number of ether oxygens (including phenoxy) is 1. The zero-order valence-corrected chi connectivity index (χ0v) is 14.4. The fourth-order valence-corrected chi connectivity index (χ4v) is 3.33. The van der Waals surface area contributed by atoms with E-state index in [0.29, 0.717) is 25.9 Å². The molecule has 0 aromatic carbocycles. The van der Waals surface area contributed by atoms with E-state index in [4.69, 9.17) is 4.74 Å². The molecule has 23 heavy (non-hydrogen) atoms. The molecule has 1 saturated heterocycles. The quantitative estimate of drug-likeness (QED) is 0.880. The lowest BCUT2D eigenvalue weighted by molar-refractivity contribution is -0.157. The summed E-state index contributed by atoms with van der Waals surface area (Å²) in [4.78, 5) is 17.5. The minimum atomic E-state index is -4.46. The first-order chi connectivity index (χ1) is 10.3. The van der Waals surface area contributed by atoms with Gasteiger partial charge in [-0.05, 0) is 25.9 Å². The molecule has 1 fully saturated rings. The minimum absolute atomic E-state index is 0. The Bertz CT molecular complexity index is 533. The predicted molar refractivity (Wildman–Crippen MR) is 82.7 cm³/mol. The average molecular weight is 374 g/mol. The van der Waals surface area contributed by atoms with Gasteiger partial charge in [-0.2, -0.15) is 13.2 Å². The molecule has 132 valence electrons. The largest absolute Gasteiger partial charge is 0.434 e. The van der Waals surface area contributed by atoms with E-state index in [2.05, 4.69) is 10.3 Å². The summed E-state index contributed by atoms with van der Waals surface area (Å²) in [5.41, 5.74) is -1.82. The van der Waals surface area contributed by atoms with Crippen LogP contribution in [0.4, 0.5) is 13.2 Å². The highest BCUT2D eigenvalue weighted by molar-refractivity contribution is 7.09. The topological polar surface area (TPSA) is 54.5 Å². The van der Waals surface area contributed by atoms with Gasteiger partial charge < -0.3 is 15.0 Å². The van der Waals surface area contributed by atoms with Crippen molar-refractivity contribution in [3.05, 3.63) is 16.1 Å². The second kappa shape index (κ2) is 7.78. The molecule has 0 radical (unpaired) electrons. The zero-order valence-electron chi connectivity index (χ0n) is 12.8. The van der Waals surface area contributed by atoms with E-state index in [1.54, 1.807) is 7.05 Å². The van der Waals surface area contributed by atoms with Crippen LogP contribution in [0.5, 0.6) is 0 Å². The van der Waals surface area contributed by atoms with Crippen molar-refractivity contribution in [3.63, 3.8) is 0 Å². The first-order valence-electron chi connectivity index (χ1n) is 6.81. The molecule has 0 spiro atoms. The lowest BCUT2D eigenvalue weighted by Gasteiger charge is -2.37. The lowest BCUT2D eigenvalue weighted by atomic mass is 9.90. The maximum Gasteiger partial charge on any atom is 0.434 e. The minimum Gasteiger partial charge on any atom is -0.368 e. The summed E-state index contributed by atoms with van der Waals surface area (Å²) in [5.74, 6) is -0.222. The SMILES string of the molecule is COC1(C(=O)N(C)Cc2nc(C(F)(F)F)cs2)CCNCC1.Cl. The molecule has 2 rings (SSSR count). The Morgan fingerprint density at radius 2 is 2.09 bits per heavy atom. The van der Waals surface area contributed by atoms with Gasteiger partial charge in [-0.15, -0.1) is 23.7 Å². The molecule has 1 aromatic heterocycles. The fraction of sp³-hybridized carbons (Fsp3) is 0.692. The number of hydrogen-bond acceptors (Lipinski definition) is 5. The Balaban J connectivity index is 0.00000264. The van der Waals surface area contributed by atoms with Gasteiger partial charge in [-0.3, -0.25) is 4.79 Å². The van der Waals surface area contributed by atoms with E-state index in [9.17, 15) is 18.0 Å². The molecule has 1 aromatic rings. The van der Waals surface area contributed by atoms with Gasteiger partial charge in [0.15, 0.2) is 5.69 Å². The molecule has 10 heteroatoms. The maximum atomic E-state index is 12.6. The van der Waals surface area contributed by atoms with E-state index < -0.39 is 17.5 Å². The number of carbonyl (C=O) groups excluding carboxylic acids is 1. The van der Waals surface area contributed by atoms with Crippen LogP contribution < -0.4 is 5.32 Å². The van der Waals surface area contributed by atoms with Gasteiger partial charge in [-0.1, -0.05) is 0 Å². The maximum absolute atomic E-state index is 12.6. The number of hydrogen-bond donors (Lipinski definition) is 1. The van der Waals surface area contributed by atoms with E-state index in [0.717, 1.165) is 16.7 Å². The summed E-state index contributed by atoms with van der Waals surface area (Å²) in [6, 6.07) is 0. The number of aromatic nitrogens is 1. The van der Waals surface area contributed by atoms with Crippen molar-refractivity contribution in [1.29, 1.82) is 0 Å². The van der Waals surface area contributed by atoms with Crippen LogP contribution in [0.1, 0.15) is 23.5 Å². The number of nitrogens with zero attached hydrogens (tertiary/aromatic N) is 2. The molecule has 1 aliphatic heterocycles. The Morgan fingerprint density at radius 1 is 1.48 bits per heavy atom. The Hall–Kier alpha value is -0.900. The normalized spacial score (nSPS) is 17.4. The smallest absolute Gasteiger partial charge is 0.368 e. The summed E-state index contributed by atoms with van der Waals surface area (Å²) < 4.78 is 43.1. The van der Waals surface area contributed by atoms with Crippen molar-refractivity contribution in [2.24, 2.45) is 0 Å². The number of halogens is 4. The van der Waals surface area contributed by atoms with Crippen molar-refractivity contribution in [2.75, 3.05) is 27.2 Å². The zero-order chi connectivity index (χ0) is 16.4. The standard InChI is InChI=1S/C13H18F3N3O2S.ClH/c1-19(7-10-18-9(8-22-10)13(14,15)16)11(20)12(21-2)3-5-17-6-4-12;/h8,17H,3-7H2,1-2H3;1H. The summed E-state index contributed by atoms with van der Waals surface area (Å²) in [5, 5.41) is 4.37. The second-order valence-electron chi connectivity index (χ2n) is 5.23. The third kappa shape index (κ3) is 4.56. The summed E-state index contributed by atoms with van der Waals surface area (Å²) in [6.07, 6.45) is -3.38. The van der Waals surface area contributed by atoms with Crippen LogP contribution in [0.15, 0.2) is 5.38 Å². The first-order valence-corrected chi connectivity index (χ1v) is 7.69. The van der Waals surface area contributed by atoms with Crippen LogP contribution in [0, 0.1) is 0 Å². The Morgan fingerprint density at radius 3 is 2.57 bits per heavy atom. The molecule has 0 bridgehead atoms. The summed E-state index contributed by atoms with van der Waals surface area (Å²) in [6.45, 7) is 1.38. The number of rotatable bonds is 4. The van der Waals surface area contributed by atoms with Crippen LogP contribution >= 0.6 is 23.7 Å². The number of amides is 1. The summed E-state index contributed by atoms with van der Waals surface area (Å²) in [7, 11) is 3.04. The fourth-order valence-electron chi connectivity index (χ4n) is 2.47. The second-order valence-corrected chi connectivity index (χ2v) is 6.18. The van der Waals surface area contributed by atoms with Gasteiger partial charge in [0.25, 0.3) is 5.91 Å². The highest BCUT2D eigenvalue weighted by Gasteiger charge is 2.41. The van der Waals surface area contributed by atoms with Crippen molar-refractivity contribution in [1.82, 2.24) is 15.2 Å². The molecule has 1 amide bonds. The highest BCUT2D eigenvalue weighted by Crippen LogP contribution is 2.31. The van der Waals surface area contributed by atoms with Crippen molar-refractivity contribution < 1.29 is 22.7 Å². The third-order valence-corrected chi connectivity index (χ3v) is 4.59. The van der Waals surface area contributed by atoms with Crippen molar-refractivity contribution in [3.8, 4) is 0 Å². The molecule has 1 N–H and O–H groups in total. The number of nitrogens with one attached hydrogen (secondary N) is 1. The van der Waals surface area contributed by atoms with Crippen LogP contribution in [-0.4, -0.2) is 48.6 Å². The molecule has 0 unspecified atom stereocenters. The molecular formula is C13H19ClF3N3O2S. The molecule has 2 heterocycles. The number of piperidine rings is 1. The Kier molecular flexibility index (Phi) is 6.81. The highest BCUT2D eigenvalue weighted by atomic mass is 35.5. The number of alkyl halides is 3. The van der Waals surface area contributed by atoms with Gasteiger partial charge >= 0.3 is 6.18 Å². The van der Waals surface area contributed by atoms with E-state index in [1.165, 1.54) is 12.0 Å². The Labute approximate surface area is 142 Å². The lowest BCUT2D eigenvalue weighted by Crippen LogP contribution is -2.54.